The average Bonchev–Trinajstić information content (AvgIpc) is 2.89. The number of rotatable bonds is 13. The van der Waals surface area contributed by atoms with Gasteiger partial charge in [-0.15, -0.1) is 0 Å². The molecule has 1 fully saturated rings. The molecule has 0 atom stereocenters. The van der Waals surface area contributed by atoms with Crippen LogP contribution in [0.4, 0.5) is 11.4 Å². The van der Waals surface area contributed by atoms with Crippen molar-refractivity contribution in [3.63, 3.8) is 0 Å². The number of hydrogen-bond acceptors (Lipinski definition) is 10. The van der Waals surface area contributed by atoms with E-state index in [-0.39, 0.29) is 56.6 Å². The molecule has 1 aromatic carbocycles. The highest BCUT2D eigenvalue weighted by Gasteiger charge is 2.21. The predicted octanol–water partition coefficient (Wildman–Crippen LogP) is -1.19. The summed E-state index contributed by atoms with van der Waals surface area (Å²) in [4.78, 5) is 77.4. The Kier molecular flexibility index (Phi) is 14.5. The molecule has 0 aromatic heterocycles. The van der Waals surface area contributed by atoms with Gasteiger partial charge in [0.05, 0.1) is 26.2 Å². The van der Waals surface area contributed by atoms with Crippen molar-refractivity contribution < 1.29 is 39.0 Å². The number of nitrogens with two attached hydrogens (primary N) is 1. The fourth-order valence-electron chi connectivity index (χ4n) is 4.37. The minimum absolute atomic E-state index is 0.0147. The summed E-state index contributed by atoms with van der Waals surface area (Å²) in [5, 5.41) is 24.2. The summed E-state index contributed by atoms with van der Waals surface area (Å²) in [5.74, 6) is -3.21. The first-order valence-electron chi connectivity index (χ1n) is 13.7. The molecule has 2 rings (SSSR count). The summed E-state index contributed by atoms with van der Waals surface area (Å²) < 4.78 is 0. The van der Waals surface area contributed by atoms with Gasteiger partial charge in [-0.3, -0.25) is 43.6 Å². The fraction of sp³-hybridized carbons (Fsp3) is 0.556. The molecule has 1 aromatic rings. The van der Waals surface area contributed by atoms with E-state index in [9.17, 15) is 39.0 Å². The van der Waals surface area contributed by atoms with Gasteiger partial charge in [-0.1, -0.05) is 0 Å². The third kappa shape index (κ3) is 14.6. The number of nitrogens with one attached hydrogen (secondary N) is 2. The standard InChI is InChI=1S/C27H41N7O8/c1-20(35)2-7-24(37)29-21-3-5-22(6-4-21)30-25(38)17-32-10-14-33(18-26(39)40)12-8-31(16-23(28)36)9-13-34(15-11-32)19-27(41)42/h3-6H,2,7-19H2,1H3,(H2,28,36)(H,29,37)(H,30,38)(H,39,40)(H,41,42). The molecule has 42 heavy (non-hydrogen) atoms. The van der Waals surface area contributed by atoms with Gasteiger partial charge in [0.2, 0.25) is 17.7 Å². The van der Waals surface area contributed by atoms with Crippen molar-refractivity contribution in [1.29, 1.82) is 0 Å². The van der Waals surface area contributed by atoms with E-state index in [0.29, 0.717) is 63.7 Å². The van der Waals surface area contributed by atoms with Gasteiger partial charge in [-0.2, -0.15) is 0 Å². The van der Waals surface area contributed by atoms with Crippen molar-refractivity contribution in [2.24, 2.45) is 5.73 Å². The predicted molar refractivity (Wildman–Crippen MR) is 154 cm³/mol. The maximum atomic E-state index is 12.9. The van der Waals surface area contributed by atoms with Crippen LogP contribution in [0.5, 0.6) is 0 Å². The molecule has 0 bridgehead atoms. The number of carboxylic acids is 2. The number of anilines is 2. The molecule has 0 spiro atoms. The summed E-state index contributed by atoms with van der Waals surface area (Å²) in [6.45, 7) is 3.74. The van der Waals surface area contributed by atoms with Crippen molar-refractivity contribution in [1.82, 2.24) is 19.6 Å². The summed E-state index contributed by atoms with van der Waals surface area (Å²) in [7, 11) is 0. The normalized spacial score (nSPS) is 16.5. The van der Waals surface area contributed by atoms with Crippen LogP contribution < -0.4 is 16.4 Å². The first kappa shape index (κ1) is 34.3. The third-order valence-corrected chi connectivity index (χ3v) is 6.55. The number of aliphatic carboxylic acids is 2. The summed E-state index contributed by atoms with van der Waals surface area (Å²) >= 11 is 0. The Labute approximate surface area is 244 Å². The molecular weight excluding hydrogens is 550 g/mol. The van der Waals surface area contributed by atoms with Gasteiger partial charge in [0.25, 0.3) is 0 Å². The van der Waals surface area contributed by atoms with E-state index < -0.39 is 17.8 Å². The second kappa shape index (κ2) is 17.8. The summed E-state index contributed by atoms with van der Waals surface area (Å²) in [6, 6.07) is 6.53. The Morgan fingerprint density at radius 3 is 1.33 bits per heavy atom. The van der Waals surface area contributed by atoms with Crippen LogP contribution in [0.1, 0.15) is 19.8 Å². The Morgan fingerprint density at radius 2 is 0.976 bits per heavy atom. The second-order valence-electron chi connectivity index (χ2n) is 10.2. The van der Waals surface area contributed by atoms with E-state index in [4.69, 9.17) is 5.73 Å². The second-order valence-corrected chi connectivity index (χ2v) is 10.2. The quantitative estimate of drug-likeness (QED) is 0.184. The molecule has 0 saturated carbocycles. The molecule has 15 nitrogen and oxygen atoms in total. The highest BCUT2D eigenvalue weighted by atomic mass is 16.4. The van der Waals surface area contributed by atoms with Gasteiger partial charge < -0.3 is 31.4 Å². The molecule has 0 unspecified atom stereocenters. The van der Waals surface area contributed by atoms with Crippen molar-refractivity contribution in [3.8, 4) is 0 Å². The van der Waals surface area contributed by atoms with E-state index in [1.165, 1.54) is 6.92 Å². The number of amides is 3. The number of carboxylic acid groups (broad SMARTS) is 2. The van der Waals surface area contributed by atoms with Gasteiger partial charge in [-0.05, 0) is 31.2 Å². The molecule has 1 aliphatic rings. The number of carbonyl (C=O) groups excluding carboxylic acids is 4. The number of primary amides is 1. The smallest absolute Gasteiger partial charge is 0.317 e. The van der Waals surface area contributed by atoms with E-state index in [1.807, 2.05) is 4.90 Å². The van der Waals surface area contributed by atoms with Crippen LogP contribution in [-0.2, 0) is 28.8 Å². The van der Waals surface area contributed by atoms with E-state index in [2.05, 4.69) is 10.6 Å². The lowest BCUT2D eigenvalue weighted by atomic mass is 10.2. The van der Waals surface area contributed by atoms with Crippen LogP contribution in [0.25, 0.3) is 0 Å². The average molecular weight is 592 g/mol. The SMILES string of the molecule is CC(=O)CCC(=O)Nc1ccc(NC(=O)CN2CCN(CC(=O)O)CCN(CC(N)=O)CCN(CC(=O)O)CC2)cc1. The molecule has 3 amide bonds. The Bertz CT molecular complexity index is 1070. The Balaban J connectivity index is 2.05. The molecule has 0 aliphatic carbocycles. The molecular formula is C27H41N7O8. The zero-order chi connectivity index (χ0) is 31.1. The van der Waals surface area contributed by atoms with Crippen LogP contribution >= 0.6 is 0 Å². The van der Waals surface area contributed by atoms with E-state index >= 15 is 0 Å². The number of Topliss-reactive ketones (excluding diaryl/α,β-unsaturated/α-hetero) is 1. The minimum atomic E-state index is -1.00. The van der Waals surface area contributed by atoms with Gasteiger partial charge in [-0.25, -0.2) is 0 Å². The number of hydrogen-bond donors (Lipinski definition) is 5. The maximum absolute atomic E-state index is 12.9. The molecule has 6 N–H and O–H groups in total. The van der Waals surface area contributed by atoms with Gasteiger partial charge in [0.1, 0.15) is 5.78 Å². The molecule has 0 radical (unpaired) electrons. The Hall–Kier alpha value is -3.92. The zero-order valence-corrected chi connectivity index (χ0v) is 23.9. The van der Waals surface area contributed by atoms with Crippen LogP contribution in [0.3, 0.4) is 0 Å². The lowest BCUT2D eigenvalue weighted by Crippen LogP contribution is -2.49. The number of benzene rings is 1. The van der Waals surface area contributed by atoms with Crippen LogP contribution in [0.2, 0.25) is 0 Å². The molecule has 1 saturated heterocycles. The van der Waals surface area contributed by atoms with Gasteiger partial charge in [0, 0.05) is 76.6 Å². The first-order chi connectivity index (χ1) is 19.9. The molecule has 15 heteroatoms. The van der Waals surface area contributed by atoms with Crippen molar-refractivity contribution in [2.75, 3.05) is 89.2 Å². The highest BCUT2D eigenvalue weighted by Crippen LogP contribution is 2.14. The highest BCUT2D eigenvalue weighted by molar-refractivity contribution is 5.94. The van der Waals surface area contributed by atoms with E-state index in [1.54, 1.807) is 39.0 Å². The van der Waals surface area contributed by atoms with Crippen molar-refractivity contribution >= 4 is 46.8 Å². The number of nitrogens with zero attached hydrogens (tertiary/aromatic N) is 4. The van der Waals surface area contributed by atoms with Crippen LogP contribution in [0, 0.1) is 0 Å². The lowest BCUT2D eigenvalue weighted by Gasteiger charge is -2.33. The Morgan fingerprint density at radius 1 is 0.619 bits per heavy atom. The lowest BCUT2D eigenvalue weighted by molar-refractivity contribution is -0.139. The third-order valence-electron chi connectivity index (χ3n) is 6.55. The zero-order valence-electron chi connectivity index (χ0n) is 23.9. The first-order valence-corrected chi connectivity index (χ1v) is 13.7. The minimum Gasteiger partial charge on any atom is -0.480 e. The van der Waals surface area contributed by atoms with Crippen LogP contribution in [-0.4, -0.2) is 144 Å². The van der Waals surface area contributed by atoms with Gasteiger partial charge in [0.15, 0.2) is 0 Å². The number of ketones is 1. The fourth-order valence-corrected chi connectivity index (χ4v) is 4.37. The van der Waals surface area contributed by atoms with Gasteiger partial charge >= 0.3 is 11.9 Å². The summed E-state index contributed by atoms with van der Waals surface area (Å²) in [6.07, 6.45) is 0.245. The largest absolute Gasteiger partial charge is 0.480 e. The van der Waals surface area contributed by atoms with Crippen molar-refractivity contribution in [2.45, 2.75) is 19.8 Å². The molecule has 232 valence electrons. The topological polar surface area (TPSA) is 206 Å². The number of carbonyl (C=O) groups is 6. The molecule has 1 heterocycles. The monoisotopic (exact) mass is 591 g/mol. The van der Waals surface area contributed by atoms with Crippen LogP contribution in [0.15, 0.2) is 24.3 Å². The molecule has 1 aliphatic heterocycles. The van der Waals surface area contributed by atoms with E-state index in [0.717, 1.165) is 0 Å². The van der Waals surface area contributed by atoms with Crippen molar-refractivity contribution in [3.05, 3.63) is 24.3 Å². The summed E-state index contributed by atoms with van der Waals surface area (Å²) in [5.41, 5.74) is 6.40. The maximum Gasteiger partial charge on any atom is 0.317 e.